The molecule has 2 fully saturated rings. The highest BCUT2D eigenvalue weighted by molar-refractivity contribution is 5.77. The van der Waals surface area contributed by atoms with Crippen LogP contribution in [-0.4, -0.2) is 43.8 Å². The second kappa shape index (κ2) is 7.74. The van der Waals surface area contributed by atoms with Gasteiger partial charge in [0.15, 0.2) is 0 Å². The summed E-state index contributed by atoms with van der Waals surface area (Å²) in [4.78, 5) is 0. The maximum Gasteiger partial charge on any atom is 0.149 e. The first-order valence-corrected chi connectivity index (χ1v) is 11.4. The molecule has 7 heteroatoms. The van der Waals surface area contributed by atoms with Crippen LogP contribution in [0.25, 0.3) is 28.0 Å². The molecule has 0 amide bonds. The third-order valence-corrected chi connectivity index (χ3v) is 7.04. The summed E-state index contributed by atoms with van der Waals surface area (Å²) in [6.45, 7) is 0.554. The first kappa shape index (κ1) is 19.5. The molecule has 6 rings (SSSR count). The van der Waals surface area contributed by atoms with E-state index in [1.54, 1.807) is 16.9 Å². The minimum absolute atomic E-state index is 0.165. The number of phenolic OH excluding ortho intramolecular Hbond substituents is 1. The molecule has 0 saturated carbocycles. The molecular weight excluding hydrogens is 402 g/mol. The first-order valence-electron chi connectivity index (χ1n) is 11.4. The summed E-state index contributed by atoms with van der Waals surface area (Å²) in [6.07, 6.45) is 12.1. The van der Waals surface area contributed by atoms with Gasteiger partial charge in [-0.2, -0.15) is 5.10 Å². The lowest BCUT2D eigenvalue weighted by atomic mass is 9.76. The Kier molecular flexibility index (Phi) is 4.72. The Morgan fingerprint density at radius 2 is 1.94 bits per heavy atom. The number of allylic oxidation sites excluding steroid dienone is 1. The summed E-state index contributed by atoms with van der Waals surface area (Å²) >= 11 is 0. The van der Waals surface area contributed by atoms with Crippen molar-refractivity contribution in [1.82, 2.24) is 25.3 Å². The molecule has 3 atom stereocenters. The fourth-order valence-electron chi connectivity index (χ4n) is 5.51. The van der Waals surface area contributed by atoms with Crippen LogP contribution in [-0.2, 0) is 7.05 Å². The van der Waals surface area contributed by atoms with E-state index >= 15 is 0 Å². The molecule has 3 aromatic rings. The topological polar surface area (TPSA) is 85.1 Å². The van der Waals surface area contributed by atoms with Gasteiger partial charge in [0.2, 0.25) is 0 Å². The molecule has 32 heavy (non-hydrogen) atoms. The number of hydrogen-bond donors (Lipinski definition) is 2. The highest BCUT2D eigenvalue weighted by Gasteiger charge is 2.35. The third kappa shape index (κ3) is 3.46. The molecule has 2 aromatic heterocycles. The Balaban J connectivity index is 1.29. The molecule has 0 aliphatic carbocycles. The second-order valence-corrected chi connectivity index (χ2v) is 9.21. The van der Waals surface area contributed by atoms with E-state index in [9.17, 15) is 5.11 Å². The highest BCUT2D eigenvalue weighted by Crippen LogP contribution is 2.42. The maximum absolute atomic E-state index is 10.7. The molecule has 2 N–H and O–H groups in total. The third-order valence-electron chi connectivity index (χ3n) is 7.04. The number of nitrogens with one attached hydrogen (secondary N) is 1. The molecule has 0 spiro atoms. The standard InChI is InChI=1S/C25H27N5O2/c1-30-14-17(13-26-30)15-5-6-21(23(31)11-15)22-12-24-25(29-28-22)20(7-8-32-24)16-9-18-3-2-4-19(10-16)27-18/h5-7,11-14,16,18-19,27,31H,2-4,8-10H2,1H3/t16?,18-,19+. The number of aromatic nitrogens is 4. The van der Waals surface area contributed by atoms with E-state index in [1.807, 2.05) is 31.4 Å². The minimum atomic E-state index is 0.165. The van der Waals surface area contributed by atoms with Crippen LogP contribution in [0.4, 0.5) is 0 Å². The quantitative estimate of drug-likeness (QED) is 0.656. The molecule has 1 unspecified atom stereocenters. The molecule has 0 radical (unpaired) electrons. The van der Waals surface area contributed by atoms with E-state index < -0.39 is 0 Å². The van der Waals surface area contributed by atoms with Gasteiger partial charge in [-0.15, -0.1) is 10.2 Å². The number of hydrogen-bond acceptors (Lipinski definition) is 6. The van der Waals surface area contributed by atoms with Crippen LogP contribution >= 0.6 is 0 Å². The van der Waals surface area contributed by atoms with Crippen molar-refractivity contribution in [3.05, 3.63) is 48.4 Å². The monoisotopic (exact) mass is 429 g/mol. The Hall–Kier alpha value is -3.19. The van der Waals surface area contributed by atoms with Gasteiger partial charge < -0.3 is 15.2 Å². The van der Waals surface area contributed by atoms with E-state index in [4.69, 9.17) is 4.74 Å². The van der Waals surface area contributed by atoms with Crippen LogP contribution in [0, 0.1) is 5.92 Å². The number of nitrogens with zero attached hydrogens (tertiary/aromatic N) is 4. The number of benzene rings is 1. The van der Waals surface area contributed by atoms with Crippen molar-refractivity contribution in [3.63, 3.8) is 0 Å². The largest absolute Gasteiger partial charge is 0.507 e. The molecule has 3 aliphatic rings. The molecule has 2 saturated heterocycles. The fourth-order valence-corrected chi connectivity index (χ4v) is 5.51. The van der Waals surface area contributed by atoms with Gasteiger partial charge >= 0.3 is 0 Å². The lowest BCUT2D eigenvalue weighted by Gasteiger charge is -2.41. The SMILES string of the molecule is Cn1cc(-c2ccc(-c3cc4c(nn3)C(C3C[C@H]5CCC[C@@H](C3)N5)=CCO4)c(O)c2)cn1. The van der Waals surface area contributed by atoms with Crippen LogP contribution in [0.15, 0.2) is 42.7 Å². The van der Waals surface area contributed by atoms with E-state index in [2.05, 4.69) is 26.7 Å². The number of rotatable bonds is 3. The smallest absolute Gasteiger partial charge is 0.149 e. The predicted molar refractivity (Wildman–Crippen MR) is 122 cm³/mol. The summed E-state index contributed by atoms with van der Waals surface area (Å²) in [5.41, 5.74) is 5.25. The number of aryl methyl sites for hydroxylation is 1. The summed E-state index contributed by atoms with van der Waals surface area (Å²) in [5.74, 6) is 1.42. The van der Waals surface area contributed by atoms with Gasteiger partial charge in [0.25, 0.3) is 0 Å². The van der Waals surface area contributed by atoms with Gasteiger partial charge in [-0.05, 0) is 60.9 Å². The lowest BCUT2D eigenvalue weighted by molar-refractivity contribution is 0.212. The number of aromatic hydroxyl groups is 1. The summed E-state index contributed by atoms with van der Waals surface area (Å²) < 4.78 is 7.69. The number of piperidine rings is 2. The molecule has 164 valence electrons. The zero-order valence-electron chi connectivity index (χ0n) is 18.2. The van der Waals surface area contributed by atoms with E-state index in [1.165, 1.54) is 24.8 Å². The van der Waals surface area contributed by atoms with Crippen molar-refractivity contribution in [2.24, 2.45) is 13.0 Å². The minimum Gasteiger partial charge on any atom is -0.507 e. The molecule has 7 nitrogen and oxygen atoms in total. The fraction of sp³-hybridized carbons (Fsp3) is 0.400. The van der Waals surface area contributed by atoms with Gasteiger partial charge in [0.05, 0.1) is 6.20 Å². The van der Waals surface area contributed by atoms with E-state index in [0.29, 0.717) is 35.9 Å². The number of phenols is 1. The first-order chi connectivity index (χ1) is 15.6. The Labute approximate surface area is 187 Å². The average molecular weight is 430 g/mol. The number of fused-ring (bicyclic) bond motifs is 3. The normalized spacial score (nSPS) is 24.4. The van der Waals surface area contributed by atoms with Gasteiger partial charge in [0, 0.05) is 42.5 Å². The van der Waals surface area contributed by atoms with Crippen LogP contribution < -0.4 is 10.1 Å². The van der Waals surface area contributed by atoms with Gasteiger partial charge in [-0.3, -0.25) is 4.68 Å². The van der Waals surface area contributed by atoms with Crippen molar-refractivity contribution >= 4 is 5.57 Å². The van der Waals surface area contributed by atoms with Gasteiger partial charge in [-0.1, -0.05) is 12.5 Å². The van der Waals surface area contributed by atoms with Crippen LogP contribution in [0.1, 0.15) is 37.8 Å². The van der Waals surface area contributed by atoms with E-state index in [0.717, 1.165) is 35.4 Å². The Bertz CT molecular complexity index is 1190. The van der Waals surface area contributed by atoms with Crippen molar-refractivity contribution in [2.45, 2.75) is 44.2 Å². The Morgan fingerprint density at radius 1 is 1.09 bits per heavy atom. The summed E-state index contributed by atoms with van der Waals surface area (Å²) in [6, 6.07) is 8.72. The zero-order valence-corrected chi connectivity index (χ0v) is 18.2. The van der Waals surface area contributed by atoms with Crippen molar-refractivity contribution in [2.75, 3.05) is 6.61 Å². The van der Waals surface area contributed by atoms with Crippen LogP contribution in [0.2, 0.25) is 0 Å². The number of ether oxygens (including phenoxy) is 1. The molecule has 1 aromatic carbocycles. The second-order valence-electron chi connectivity index (χ2n) is 9.21. The average Bonchev–Trinajstić information content (AvgIpc) is 3.24. The molecule has 5 heterocycles. The molecule has 2 bridgehead atoms. The van der Waals surface area contributed by atoms with Crippen molar-refractivity contribution < 1.29 is 9.84 Å². The predicted octanol–water partition coefficient (Wildman–Crippen LogP) is 3.95. The molecular formula is C25H27N5O2. The highest BCUT2D eigenvalue weighted by atomic mass is 16.5. The molecule has 3 aliphatic heterocycles. The summed E-state index contributed by atoms with van der Waals surface area (Å²) in [7, 11) is 1.87. The lowest BCUT2D eigenvalue weighted by Crippen LogP contribution is -2.48. The van der Waals surface area contributed by atoms with Crippen molar-refractivity contribution in [3.8, 4) is 33.9 Å². The maximum atomic E-state index is 10.7. The van der Waals surface area contributed by atoms with Gasteiger partial charge in [-0.25, -0.2) is 0 Å². The summed E-state index contributed by atoms with van der Waals surface area (Å²) in [5, 5.41) is 27.8. The van der Waals surface area contributed by atoms with Crippen LogP contribution in [0.3, 0.4) is 0 Å². The van der Waals surface area contributed by atoms with Gasteiger partial charge in [0.1, 0.15) is 29.5 Å². The Morgan fingerprint density at radius 3 is 2.69 bits per heavy atom. The van der Waals surface area contributed by atoms with Crippen molar-refractivity contribution in [1.29, 1.82) is 0 Å². The zero-order chi connectivity index (χ0) is 21.7. The van der Waals surface area contributed by atoms with Crippen LogP contribution in [0.5, 0.6) is 11.5 Å². The van der Waals surface area contributed by atoms with E-state index in [-0.39, 0.29) is 5.75 Å².